The summed E-state index contributed by atoms with van der Waals surface area (Å²) in [6.45, 7) is 7.37. The monoisotopic (exact) mass is 306 g/mol. The van der Waals surface area contributed by atoms with Gasteiger partial charge in [-0.05, 0) is 49.7 Å². The van der Waals surface area contributed by atoms with Gasteiger partial charge < -0.3 is 14.6 Å². The van der Waals surface area contributed by atoms with Crippen LogP contribution in [0.1, 0.15) is 49.9 Å². The molecule has 0 saturated heterocycles. The van der Waals surface area contributed by atoms with Crippen LogP contribution in [-0.4, -0.2) is 24.8 Å². The van der Waals surface area contributed by atoms with Gasteiger partial charge in [-0.3, -0.25) is 4.79 Å². The number of aromatic nitrogens is 1. The van der Waals surface area contributed by atoms with Gasteiger partial charge in [0.05, 0.1) is 6.61 Å². The van der Waals surface area contributed by atoms with Crippen LogP contribution >= 0.6 is 0 Å². The summed E-state index contributed by atoms with van der Waals surface area (Å²) in [5, 5.41) is 3.30. The fourth-order valence-corrected chi connectivity index (χ4v) is 3.09. The maximum atomic E-state index is 12.8. The summed E-state index contributed by atoms with van der Waals surface area (Å²) in [4.78, 5) is 12.8. The topological polar surface area (TPSA) is 43.3 Å². The predicted octanol–water partition coefficient (Wildman–Crippen LogP) is 2.51. The molecule has 0 amide bonds. The van der Waals surface area contributed by atoms with Crippen molar-refractivity contribution in [2.75, 3.05) is 20.3 Å². The molecule has 0 saturated carbocycles. The maximum absolute atomic E-state index is 12.8. The van der Waals surface area contributed by atoms with Crippen molar-refractivity contribution in [2.24, 2.45) is 5.92 Å². The first-order chi connectivity index (χ1) is 10.6. The van der Waals surface area contributed by atoms with Gasteiger partial charge in [0.2, 0.25) is 0 Å². The van der Waals surface area contributed by atoms with Crippen LogP contribution in [0.25, 0.3) is 0 Å². The first-order valence-corrected chi connectivity index (χ1v) is 8.57. The normalized spacial score (nSPS) is 14.4. The van der Waals surface area contributed by atoms with Crippen LogP contribution < -0.4 is 10.9 Å². The summed E-state index contributed by atoms with van der Waals surface area (Å²) < 4.78 is 7.10. The van der Waals surface area contributed by atoms with Crippen LogP contribution in [0.2, 0.25) is 0 Å². The second kappa shape index (κ2) is 8.49. The summed E-state index contributed by atoms with van der Waals surface area (Å²) in [5.74, 6) is 0.620. The van der Waals surface area contributed by atoms with Crippen LogP contribution in [0.4, 0.5) is 0 Å². The summed E-state index contributed by atoms with van der Waals surface area (Å²) in [7, 11) is 1.69. The van der Waals surface area contributed by atoms with Gasteiger partial charge in [-0.1, -0.05) is 13.8 Å². The minimum atomic E-state index is 0.200. The molecule has 0 atom stereocenters. The summed E-state index contributed by atoms with van der Waals surface area (Å²) in [5.41, 5.74) is 3.78. The number of pyridine rings is 1. The fourth-order valence-electron chi connectivity index (χ4n) is 3.09. The molecule has 124 valence electrons. The Morgan fingerprint density at radius 1 is 1.32 bits per heavy atom. The molecule has 0 unspecified atom stereocenters. The minimum Gasteiger partial charge on any atom is -0.383 e. The standard InChI is InChI=1S/C18H30N2O2/c1-14(2)8-10-20-17-7-5-4-6-15(17)12-16(18(20)21)13-19-9-11-22-3/h12,14,19H,4-11,13H2,1-3H3. The molecule has 2 rings (SSSR count). The molecule has 0 spiro atoms. The molecule has 1 aliphatic carbocycles. The molecule has 22 heavy (non-hydrogen) atoms. The zero-order valence-corrected chi connectivity index (χ0v) is 14.3. The summed E-state index contributed by atoms with van der Waals surface area (Å²) >= 11 is 0. The molecule has 1 N–H and O–H groups in total. The highest BCUT2D eigenvalue weighted by molar-refractivity contribution is 5.29. The lowest BCUT2D eigenvalue weighted by Crippen LogP contribution is -2.32. The summed E-state index contributed by atoms with van der Waals surface area (Å²) in [6, 6.07) is 2.14. The number of rotatable bonds is 8. The Labute approximate surface area is 133 Å². The van der Waals surface area contributed by atoms with Gasteiger partial charge in [-0.15, -0.1) is 0 Å². The van der Waals surface area contributed by atoms with Gasteiger partial charge in [0.1, 0.15) is 0 Å². The van der Waals surface area contributed by atoms with Crippen molar-refractivity contribution in [1.29, 1.82) is 0 Å². The Morgan fingerprint density at radius 2 is 2.09 bits per heavy atom. The van der Waals surface area contributed by atoms with E-state index in [1.54, 1.807) is 7.11 Å². The number of fused-ring (bicyclic) bond motifs is 1. The molecule has 0 aliphatic heterocycles. The molecular weight excluding hydrogens is 276 g/mol. The van der Waals surface area contributed by atoms with Gasteiger partial charge >= 0.3 is 0 Å². The van der Waals surface area contributed by atoms with Crippen LogP contribution in [0.3, 0.4) is 0 Å². The fraction of sp³-hybridized carbons (Fsp3) is 0.722. The van der Waals surface area contributed by atoms with Crippen LogP contribution in [0, 0.1) is 5.92 Å². The van der Waals surface area contributed by atoms with Gasteiger partial charge in [0.25, 0.3) is 5.56 Å². The van der Waals surface area contributed by atoms with Crippen molar-refractivity contribution in [3.8, 4) is 0 Å². The average Bonchev–Trinajstić information content (AvgIpc) is 2.51. The largest absolute Gasteiger partial charge is 0.383 e. The third-order valence-corrected chi connectivity index (χ3v) is 4.40. The lowest BCUT2D eigenvalue weighted by atomic mass is 9.94. The van der Waals surface area contributed by atoms with E-state index in [9.17, 15) is 4.79 Å². The second-order valence-corrected chi connectivity index (χ2v) is 6.66. The molecule has 1 aromatic rings. The third-order valence-electron chi connectivity index (χ3n) is 4.40. The molecule has 0 bridgehead atoms. The van der Waals surface area contributed by atoms with E-state index < -0.39 is 0 Å². The Hall–Kier alpha value is -1.13. The van der Waals surface area contributed by atoms with E-state index in [-0.39, 0.29) is 5.56 Å². The van der Waals surface area contributed by atoms with Crippen molar-refractivity contribution in [3.63, 3.8) is 0 Å². The lowest BCUT2D eigenvalue weighted by Gasteiger charge is -2.23. The third kappa shape index (κ3) is 4.43. The van der Waals surface area contributed by atoms with Crippen molar-refractivity contribution < 1.29 is 4.74 Å². The maximum Gasteiger partial charge on any atom is 0.255 e. The lowest BCUT2D eigenvalue weighted by molar-refractivity contribution is 0.199. The van der Waals surface area contributed by atoms with E-state index in [2.05, 4.69) is 29.8 Å². The highest BCUT2D eigenvalue weighted by Gasteiger charge is 2.17. The molecule has 0 radical (unpaired) electrons. The Balaban J connectivity index is 2.22. The van der Waals surface area contributed by atoms with Crippen LogP contribution in [-0.2, 0) is 30.7 Å². The number of nitrogens with one attached hydrogen (secondary N) is 1. The number of nitrogens with zero attached hydrogens (tertiary/aromatic N) is 1. The number of hydrogen-bond acceptors (Lipinski definition) is 3. The molecule has 4 heteroatoms. The molecule has 1 aromatic heterocycles. The van der Waals surface area contributed by atoms with Gasteiger partial charge in [0.15, 0.2) is 0 Å². The average molecular weight is 306 g/mol. The van der Waals surface area contributed by atoms with Gasteiger partial charge in [-0.25, -0.2) is 0 Å². The van der Waals surface area contributed by atoms with Crippen molar-refractivity contribution in [2.45, 2.75) is 59.0 Å². The SMILES string of the molecule is COCCNCc1cc2c(n(CCC(C)C)c1=O)CCCC2. The molecule has 0 aromatic carbocycles. The van der Waals surface area contributed by atoms with Crippen LogP contribution in [0.5, 0.6) is 0 Å². The highest BCUT2D eigenvalue weighted by atomic mass is 16.5. The quantitative estimate of drug-likeness (QED) is 0.751. The predicted molar refractivity (Wildman–Crippen MR) is 90.4 cm³/mol. The Kier molecular flexibility index (Phi) is 6.65. The first-order valence-electron chi connectivity index (χ1n) is 8.57. The minimum absolute atomic E-state index is 0.200. The first kappa shape index (κ1) is 17.2. The van der Waals surface area contributed by atoms with Crippen molar-refractivity contribution in [3.05, 3.63) is 33.2 Å². The summed E-state index contributed by atoms with van der Waals surface area (Å²) in [6.07, 6.45) is 5.68. The molecule has 1 heterocycles. The van der Waals surface area contributed by atoms with E-state index in [1.807, 2.05) is 0 Å². The van der Waals surface area contributed by atoms with Crippen molar-refractivity contribution >= 4 is 0 Å². The number of ether oxygens (including phenoxy) is 1. The Bertz CT molecular complexity index is 535. The molecular formula is C18H30N2O2. The highest BCUT2D eigenvalue weighted by Crippen LogP contribution is 2.21. The van der Waals surface area contributed by atoms with Crippen LogP contribution in [0.15, 0.2) is 10.9 Å². The number of hydrogen-bond donors (Lipinski definition) is 1. The van der Waals surface area contributed by atoms with E-state index in [4.69, 9.17) is 4.74 Å². The van der Waals surface area contributed by atoms with E-state index in [1.165, 1.54) is 24.1 Å². The zero-order chi connectivity index (χ0) is 15.9. The van der Waals surface area contributed by atoms with Crippen molar-refractivity contribution in [1.82, 2.24) is 9.88 Å². The van der Waals surface area contributed by atoms with E-state index in [0.29, 0.717) is 19.1 Å². The number of aryl methyl sites for hydroxylation is 1. The molecule has 1 aliphatic rings. The van der Waals surface area contributed by atoms with Gasteiger partial charge in [-0.2, -0.15) is 0 Å². The zero-order valence-electron chi connectivity index (χ0n) is 14.3. The van der Waals surface area contributed by atoms with E-state index in [0.717, 1.165) is 37.9 Å². The molecule has 4 nitrogen and oxygen atoms in total. The smallest absolute Gasteiger partial charge is 0.255 e. The second-order valence-electron chi connectivity index (χ2n) is 6.66. The van der Waals surface area contributed by atoms with Gasteiger partial charge in [0, 0.05) is 38.0 Å². The Morgan fingerprint density at radius 3 is 2.82 bits per heavy atom. The molecule has 0 fully saturated rings. The number of methoxy groups -OCH3 is 1. The van der Waals surface area contributed by atoms with E-state index >= 15 is 0 Å².